The quantitative estimate of drug-likeness (QED) is 0.416. The van der Waals surface area contributed by atoms with Gasteiger partial charge < -0.3 is 9.30 Å². The molecule has 0 radical (unpaired) electrons. The lowest BCUT2D eigenvalue weighted by molar-refractivity contribution is -0.143. The largest absolute Gasteiger partial charge is 0.465 e. The molecule has 2 aromatic carbocycles. The van der Waals surface area contributed by atoms with E-state index in [0.29, 0.717) is 22.9 Å². The van der Waals surface area contributed by atoms with Crippen LogP contribution in [0.15, 0.2) is 52.4 Å². The van der Waals surface area contributed by atoms with E-state index >= 15 is 0 Å². The molecule has 0 aliphatic rings. The average molecular weight is 429 g/mol. The van der Waals surface area contributed by atoms with Gasteiger partial charge in [0.2, 0.25) is 0 Å². The molecule has 0 unspecified atom stereocenters. The summed E-state index contributed by atoms with van der Waals surface area (Å²) in [5.74, 6) is -0.288. The Morgan fingerprint density at radius 1 is 1.21 bits per heavy atom. The van der Waals surface area contributed by atoms with E-state index in [0.717, 1.165) is 15.1 Å². The van der Waals surface area contributed by atoms with Gasteiger partial charge in [0.25, 0.3) is 5.91 Å². The second-order valence-electron chi connectivity index (χ2n) is 6.81. The number of esters is 1. The van der Waals surface area contributed by atoms with Crippen LogP contribution in [0.5, 0.6) is 0 Å². The first kappa shape index (κ1) is 21.3. The van der Waals surface area contributed by atoms with E-state index < -0.39 is 0 Å². The van der Waals surface area contributed by atoms with Gasteiger partial charge in [-0.2, -0.15) is 4.99 Å². The lowest BCUT2D eigenvalue weighted by Gasteiger charge is -2.07. The van der Waals surface area contributed by atoms with E-state index in [9.17, 15) is 9.59 Å². The zero-order chi connectivity index (χ0) is 21.0. The highest BCUT2D eigenvalue weighted by Crippen LogP contribution is 2.24. The predicted molar refractivity (Wildman–Crippen MR) is 119 cm³/mol. The summed E-state index contributed by atoms with van der Waals surface area (Å²) in [6.07, 6.45) is 1.96. The molecule has 5 nitrogen and oxygen atoms in total. The number of benzene rings is 2. The number of ether oxygens (including phenoxy) is 1. The van der Waals surface area contributed by atoms with Gasteiger partial charge >= 0.3 is 5.97 Å². The van der Waals surface area contributed by atoms with Crippen molar-refractivity contribution in [2.45, 2.75) is 38.1 Å². The Bertz CT molecular complexity index is 1110. The fourth-order valence-corrected chi connectivity index (χ4v) is 4.47. The zero-order valence-electron chi connectivity index (χ0n) is 17.0. The summed E-state index contributed by atoms with van der Waals surface area (Å²) < 4.78 is 7.87. The number of hydrogen-bond donors (Lipinski definition) is 0. The molecule has 0 aliphatic carbocycles. The Kier molecular flexibility index (Phi) is 6.92. The molecule has 3 rings (SSSR count). The predicted octanol–water partition coefficient (Wildman–Crippen LogP) is 4.85. The molecule has 0 bridgehead atoms. The van der Waals surface area contributed by atoms with Gasteiger partial charge in [-0.15, -0.1) is 11.8 Å². The molecule has 1 amide bonds. The summed E-state index contributed by atoms with van der Waals surface area (Å²) in [5.41, 5.74) is 2.60. The molecular formula is C22H24N2O3S2. The summed E-state index contributed by atoms with van der Waals surface area (Å²) in [6, 6.07) is 13.5. The van der Waals surface area contributed by atoms with Crippen LogP contribution in [0.1, 0.15) is 42.6 Å². The molecule has 1 heterocycles. The molecule has 0 atom stereocenters. The zero-order valence-corrected chi connectivity index (χ0v) is 18.6. The summed E-state index contributed by atoms with van der Waals surface area (Å²) in [4.78, 5) is 30.8. The van der Waals surface area contributed by atoms with E-state index in [1.54, 1.807) is 29.3 Å². The van der Waals surface area contributed by atoms with Gasteiger partial charge in [0.15, 0.2) is 4.80 Å². The first-order valence-electron chi connectivity index (χ1n) is 9.45. The molecule has 0 fully saturated rings. The number of thioether (sulfide) groups is 1. The third-order valence-corrected chi connectivity index (χ3v) is 6.25. The second kappa shape index (κ2) is 9.41. The van der Waals surface area contributed by atoms with Crippen LogP contribution >= 0.6 is 23.1 Å². The lowest BCUT2D eigenvalue weighted by atomic mass is 10.0. The van der Waals surface area contributed by atoms with E-state index in [1.807, 2.05) is 30.5 Å². The monoisotopic (exact) mass is 428 g/mol. The fourth-order valence-electron chi connectivity index (χ4n) is 2.93. The van der Waals surface area contributed by atoms with E-state index in [-0.39, 0.29) is 18.4 Å². The first-order chi connectivity index (χ1) is 13.9. The summed E-state index contributed by atoms with van der Waals surface area (Å²) in [6.45, 7) is 6.37. The van der Waals surface area contributed by atoms with Gasteiger partial charge in [-0.1, -0.05) is 37.3 Å². The number of aromatic nitrogens is 1. The van der Waals surface area contributed by atoms with Crippen molar-refractivity contribution < 1.29 is 14.3 Å². The minimum atomic E-state index is -0.349. The number of amides is 1. The molecular weight excluding hydrogens is 404 g/mol. The van der Waals surface area contributed by atoms with Crippen molar-refractivity contribution in [3.8, 4) is 0 Å². The van der Waals surface area contributed by atoms with Crippen molar-refractivity contribution in [1.82, 2.24) is 4.57 Å². The van der Waals surface area contributed by atoms with Gasteiger partial charge in [-0.05, 0) is 55.0 Å². The van der Waals surface area contributed by atoms with Crippen LogP contribution in [-0.4, -0.2) is 29.3 Å². The number of rotatable bonds is 6. The van der Waals surface area contributed by atoms with Crippen LogP contribution in [0.2, 0.25) is 0 Å². The van der Waals surface area contributed by atoms with Gasteiger partial charge in [-0.25, -0.2) is 0 Å². The van der Waals surface area contributed by atoms with Crippen molar-refractivity contribution in [3.05, 3.63) is 58.4 Å². The topological polar surface area (TPSA) is 60.7 Å². The van der Waals surface area contributed by atoms with Crippen molar-refractivity contribution in [2.24, 2.45) is 4.99 Å². The molecule has 7 heteroatoms. The highest BCUT2D eigenvalue weighted by Gasteiger charge is 2.14. The molecule has 0 N–H and O–H groups in total. The fraction of sp³-hybridized carbons (Fsp3) is 0.318. The number of thiazole rings is 1. The maximum absolute atomic E-state index is 12.8. The smallest absolute Gasteiger partial charge is 0.326 e. The Hall–Kier alpha value is -2.38. The Balaban J connectivity index is 2.11. The maximum atomic E-state index is 12.8. The van der Waals surface area contributed by atoms with Crippen LogP contribution in [-0.2, 0) is 16.1 Å². The van der Waals surface area contributed by atoms with E-state index in [2.05, 4.69) is 31.0 Å². The minimum absolute atomic E-state index is 0.0197. The lowest BCUT2D eigenvalue weighted by Crippen LogP contribution is -2.23. The van der Waals surface area contributed by atoms with Gasteiger partial charge in [0.05, 0.1) is 16.8 Å². The molecule has 29 heavy (non-hydrogen) atoms. The Morgan fingerprint density at radius 3 is 2.69 bits per heavy atom. The minimum Gasteiger partial charge on any atom is -0.465 e. The van der Waals surface area contributed by atoms with E-state index in [4.69, 9.17) is 4.74 Å². The summed E-state index contributed by atoms with van der Waals surface area (Å²) in [5, 5.41) is 0. The molecule has 3 aromatic rings. The molecule has 1 aromatic heterocycles. The first-order valence-corrected chi connectivity index (χ1v) is 11.5. The molecule has 0 saturated heterocycles. The molecule has 0 aliphatic heterocycles. The average Bonchev–Trinajstić information content (AvgIpc) is 3.04. The van der Waals surface area contributed by atoms with Crippen LogP contribution in [0.3, 0.4) is 0 Å². The van der Waals surface area contributed by atoms with Gasteiger partial charge in [0, 0.05) is 10.5 Å². The van der Waals surface area contributed by atoms with Crippen molar-refractivity contribution >= 4 is 45.2 Å². The third kappa shape index (κ3) is 4.97. The Labute approximate surface area is 178 Å². The number of carbonyl (C=O) groups excluding carboxylic acids is 2. The molecule has 152 valence electrons. The summed E-state index contributed by atoms with van der Waals surface area (Å²) >= 11 is 2.99. The van der Waals surface area contributed by atoms with Gasteiger partial charge in [-0.3, -0.25) is 9.59 Å². The van der Waals surface area contributed by atoms with Crippen molar-refractivity contribution in [3.63, 3.8) is 0 Å². The number of carbonyl (C=O) groups is 2. The standard InChI is InChI=1S/C22H24N2O3S2/c1-5-27-20(25)13-24-18-10-9-15(14(2)3)12-19(18)29-22(24)23-21(26)16-7-6-8-17(11-16)28-4/h6-12,14H,5,13H2,1-4H3. The van der Waals surface area contributed by atoms with Crippen molar-refractivity contribution in [2.75, 3.05) is 12.9 Å². The van der Waals surface area contributed by atoms with Crippen LogP contribution in [0.25, 0.3) is 10.2 Å². The summed E-state index contributed by atoms with van der Waals surface area (Å²) in [7, 11) is 0. The third-order valence-electron chi connectivity index (χ3n) is 4.48. The SMILES string of the molecule is CCOC(=O)Cn1c(=NC(=O)c2cccc(SC)c2)sc2cc(C(C)C)ccc21. The number of fused-ring (bicyclic) bond motifs is 1. The number of hydrogen-bond acceptors (Lipinski definition) is 5. The normalized spacial score (nSPS) is 12.0. The maximum Gasteiger partial charge on any atom is 0.326 e. The van der Waals surface area contributed by atoms with Crippen LogP contribution in [0, 0.1) is 0 Å². The molecule has 0 spiro atoms. The van der Waals surface area contributed by atoms with E-state index in [1.165, 1.54) is 16.9 Å². The highest BCUT2D eigenvalue weighted by molar-refractivity contribution is 7.98. The van der Waals surface area contributed by atoms with Crippen LogP contribution < -0.4 is 4.80 Å². The van der Waals surface area contributed by atoms with Crippen molar-refractivity contribution in [1.29, 1.82) is 0 Å². The number of nitrogens with zero attached hydrogens (tertiary/aromatic N) is 2. The van der Waals surface area contributed by atoms with Gasteiger partial charge in [0.1, 0.15) is 6.54 Å². The second-order valence-corrected chi connectivity index (χ2v) is 8.70. The molecule has 0 saturated carbocycles. The Morgan fingerprint density at radius 2 is 2.00 bits per heavy atom. The van der Waals surface area contributed by atoms with Crippen LogP contribution in [0.4, 0.5) is 0 Å². The highest BCUT2D eigenvalue weighted by atomic mass is 32.2.